The molecule has 1 fully saturated rings. The molecule has 12 heteroatoms. The molecule has 0 spiro atoms. The Kier molecular flexibility index (Phi) is 7.49. The molecule has 2 N–H and O–H groups in total. The largest absolute Gasteiger partial charge is 0.495 e. The number of anilines is 1. The van der Waals surface area contributed by atoms with Gasteiger partial charge in [0, 0.05) is 0 Å². The van der Waals surface area contributed by atoms with E-state index in [4.69, 9.17) is 24.5 Å². The van der Waals surface area contributed by atoms with Crippen molar-refractivity contribution in [1.82, 2.24) is 0 Å². The molecule has 2 heterocycles. The Labute approximate surface area is 230 Å². The molecule has 0 radical (unpaired) electrons. The van der Waals surface area contributed by atoms with Crippen molar-refractivity contribution in [3.05, 3.63) is 82.3 Å². The average Bonchev–Trinajstić information content (AvgIpc) is 3.14. The van der Waals surface area contributed by atoms with Crippen molar-refractivity contribution < 1.29 is 37.2 Å². The van der Waals surface area contributed by atoms with Crippen LogP contribution in [0.4, 0.5) is 14.5 Å². The van der Waals surface area contributed by atoms with Crippen LogP contribution in [0.5, 0.6) is 0 Å². The Bertz CT molecular complexity index is 1440. The molecule has 0 amide bonds. The van der Waals surface area contributed by atoms with E-state index in [0.29, 0.717) is 10.5 Å². The predicted molar refractivity (Wildman–Crippen MR) is 142 cm³/mol. The number of nitrogens with two attached hydrogens (primary N) is 1. The Morgan fingerprint density at radius 3 is 2.00 bits per heavy atom. The number of carbonyl (C=O) groups is 2. The van der Waals surface area contributed by atoms with Crippen LogP contribution in [0.15, 0.2) is 65.1 Å². The van der Waals surface area contributed by atoms with Gasteiger partial charge in [-0.2, -0.15) is 5.26 Å². The van der Waals surface area contributed by atoms with Gasteiger partial charge in [0.05, 0.1) is 48.6 Å². The van der Waals surface area contributed by atoms with Crippen molar-refractivity contribution in [2.24, 2.45) is 5.73 Å². The maximum Gasteiger partial charge on any atom is 0.495 e. The van der Waals surface area contributed by atoms with Crippen molar-refractivity contribution in [2.45, 2.75) is 44.8 Å². The molecule has 0 aromatic heterocycles. The number of ether oxygens (including phenoxy) is 2. The first-order chi connectivity index (χ1) is 18.8. The fourth-order valence-electron chi connectivity index (χ4n) is 4.66. The molecule has 0 aliphatic carbocycles. The number of hydrogen-bond donors (Lipinski definition) is 1. The fraction of sp³-hybridized carbons (Fsp3) is 0.321. The second-order valence-electron chi connectivity index (χ2n) is 10.3. The summed E-state index contributed by atoms with van der Waals surface area (Å²) < 4.78 is 53.4. The van der Waals surface area contributed by atoms with Crippen molar-refractivity contribution >= 4 is 30.2 Å². The first-order valence-corrected chi connectivity index (χ1v) is 12.3. The van der Waals surface area contributed by atoms with Crippen LogP contribution in [0.2, 0.25) is 0 Å². The molecular formula is C28H28BF2N3O6. The maximum atomic E-state index is 15.9. The third-order valence-electron chi connectivity index (χ3n) is 7.40. The topological polar surface area (TPSA) is 124 Å². The molecule has 1 unspecified atom stereocenters. The number of rotatable bonds is 5. The van der Waals surface area contributed by atoms with E-state index in [1.807, 2.05) is 6.07 Å². The van der Waals surface area contributed by atoms with Crippen molar-refractivity contribution in [2.75, 3.05) is 19.1 Å². The highest BCUT2D eigenvalue weighted by Crippen LogP contribution is 2.44. The molecule has 208 valence electrons. The summed E-state index contributed by atoms with van der Waals surface area (Å²) in [5.41, 5.74) is 3.26. The molecule has 4 rings (SSSR count). The third-order valence-corrected chi connectivity index (χ3v) is 7.40. The van der Waals surface area contributed by atoms with E-state index >= 15 is 8.78 Å². The molecule has 9 nitrogen and oxygen atoms in total. The minimum atomic E-state index is -1.18. The van der Waals surface area contributed by atoms with Crippen LogP contribution in [-0.2, 0) is 28.4 Å². The second kappa shape index (κ2) is 10.4. The zero-order valence-electron chi connectivity index (χ0n) is 22.9. The number of hydrogen-bond acceptors (Lipinski definition) is 9. The molecule has 0 saturated carbocycles. The molecular weight excluding hydrogens is 523 g/mol. The van der Waals surface area contributed by atoms with Crippen molar-refractivity contribution in [1.29, 1.82) is 5.26 Å². The van der Waals surface area contributed by atoms with Crippen molar-refractivity contribution in [3.8, 4) is 6.07 Å². The van der Waals surface area contributed by atoms with Gasteiger partial charge in [0.2, 0.25) is 0 Å². The van der Waals surface area contributed by atoms with E-state index in [9.17, 15) is 14.9 Å². The van der Waals surface area contributed by atoms with Gasteiger partial charge in [-0.3, -0.25) is 4.90 Å². The quantitative estimate of drug-likeness (QED) is 0.441. The lowest BCUT2D eigenvalue weighted by Crippen LogP contribution is -2.42. The van der Waals surface area contributed by atoms with Gasteiger partial charge in [-0.1, -0.05) is 30.3 Å². The summed E-state index contributed by atoms with van der Waals surface area (Å²) in [7, 11) is 1.02. The maximum absolute atomic E-state index is 15.9. The molecule has 2 aromatic carbocycles. The normalized spacial score (nSPS) is 19.9. The van der Waals surface area contributed by atoms with Crippen LogP contribution in [0, 0.1) is 23.0 Å². The smallest absolute Gasteiger partial charge is 0.466 e. The molecule has 2 aliphatic heterocycles. The number of methoxy groups -OCH3 is 2. The number of nitriles is 1. The van der Waals surface area contributed by atoms with Crippen LogP contribution in [-0.4, -0.2) is 44.5 Å². The van der Waals surface area contributed by atoms with Gasteiger partial charge in [0.15, 0.2) is 0 Å². The third kappa shape index (κ3) is 4.61. The zero-order valence-corrected chi connectivity index (χ0v) is 22.9. The van der Waals surface area contributed by atoms with Gasteiger partial charge in [0.1, 0.15) is 28.8 Å². The van der Waals surface area contributed by atoms with E-state index in [2.05, 4.69) is 0 Å². The average molecular weight is 551 g/mol. The number of carbonyl (C=O) groups excluding carboxylic acids is 2. The van der Waals surface area contributed by atoms with Crippen LogP contribution in [0.1, 0.15) is 39.2 Å². The van der Waals surface area contributed by atoms with E-state index in [-0.39, 0.29) is 16.6 Å². The summed E-state index contributed by atoms with van der Waals surface area (Å²) in [6, 6.07) is 12.2. The van der Waals surface area contributed by atoms with Crippen molar-refractivity contribution in [3.63, 3.8) is 0 Å². The Morgan fingerprint density at radius 2 is 1.52 bits per heavy atom. The van der Waals surface area contributed by atoms with E-state index in [0.717, 1.165) is 26.4 Å². The standard InChI is InChI=1S/C28H28BF2N3O6/c1-27(2)28(3,4)40-29(39-27)16-12-18(30)22(19(31)13-16)34-23(26(36)38-6)21(25(35)37-5)20(17(14-32)24(34)33)15-10-8-7-9-11-15/h7-13,20H,33H2,1-6H3. The summed E-state index contributed by atoms with van der Waals surface area (Å²) in [6.45, 7) is 7.17. The SMILES string of the molecule is COC(=O)C1=C(C(=O)OC)N(c2c(F)cc(B3OC(C)(C)C(C)(C)O3)cc2F)C(N)=C(C#N)C1c1ccccc1. The molecule has 40 heavy (non-hydrogen) atoms. The van der Waals surface area contributed by atoms with Gasteiger partial charge in [0.25, 0.3) is 0 Å². The molecule has 1 atom stereocenters. The Morgan fingerprint density at radius 1 is 1.00 bits per heavy atom. The predicted octanol–water partition coefficient (Wildman–Crippen LogP) is 3.16. The fourth-order valence-corrected chi connectivity index (χ4v) is 4.66. The molecule has 2 aliphatic rings. The van der Waals surface area contributed by atoms with E-state index in [1.54, 1.807) is 58.0 Å². The first-order valence-electron chi connectivity index (χ1n) is 12.3. The Balaban J connectivity index is 1.97. The van der Waals surface area contributed by atoms with Gasteiger partial charge in [-0.05, 0) is 50.9 Å². The second-order valence-corrected chi connectivity index (χ2v) is 10.3. The summed E-state index contributed by atoms with van der Waals surface area (Å²) in [4.78, 5) is 27.0. The van der Waals surface area contributed by atoms with E-state index in [1.165, 1.54) is 0 Å². The Hall–Kier alpha value is -4.21. The van der Waals surface area contributed by atoms with Crippen LogP contribution >= 0.6 is 0 Å². The van der Waals surface area contributed by atoms with Gasteiger partial charge in [-0.15, -0.1) is 0 Å². The van der Waals surface area contributed by atoms with Gasteiger partial charge in [-0.25, -0.2) is 18.4 Å². The van der Waals surface area contributed by atoms with Crippen LogP contribution in [0.25, 0.3) is 0 Å². The molecule has 0 bridgehead atoms. The summed E-state index contributed by atoms with van der Waals surface area (Å²) in [5, 5.41) is 10.1. The lowest BCUT2D eigenvalue weighted by Gasteiger charge is -2.36. The lowest BCUT2D eigenvalue weighted by atomic mass is 9.78. The molecule has 1 saturated heterocycles. The van der Waals surface area contributed by atoms with Gasteiger partial charge >= 0.3 is 19.1 Å². The highest BCUT2D eigenvalue weighted by molar-refractivity contribution is 6.62. The number of nitrogens with zero attached hydrogens (tertiary/aromatic N) is 2. The van der Waals surface area contributed by atoms with Crippen LogP contribution < -0.4 is 16.1 Å². The number of allylic oxidation sites excluding steroid dienone is 1. The summed E-state index contributed by atoms with van der Waals surface area (Å²) >= 11 is 0. The number of halogens is 2. The van der Waals surface area contributed by atoms with Crippen LogP contribution in [0.3, 0.4) is 0 Å². The summed E-state index contributed by atoms with van der Waals surface area (Å²) in [6.07, 6.45) is 0. The zero-order chi connectivity index (χ0) is 29.6. The molecule has 2 aromatic rings. The minimum absolute atomic E-state index is 0.0384. The lowest BCUT2D eigenvalue weighted by molar-refractivity contribution is -0.139. The summed E-state index contributed by atoms with van der Waals surface area (Å²) in [5.74, 6) is -6.11. The number of esters is 2. The number of benzene rings is 2. The minimum Gasteiger partial charge on any atom is -0.466 e. The van der Waals surface area contributed by atoms with E-state index < -0.39 is 65.0 Å². The first kappa shape index (κ1) is 28.8. The highest BCUT2D eigenvalue weighted by atomic mass is 19.1. The highest BCUT2D eigenvalue weighted by Gasteiger charge is 2.52. The van der Waals surface area contributed by atoms with Gasteiger partial charge < -0.3 is 24.5 Å². The monoisotopic (exact) mass is 551 g/mol.